The van der Waals surface area contributed by atoms with Crippen molar-refractivity contribution in [2.45, 2.75) is 39.3 Å². The second-order valence-electron chi connectivity index (χ2n) is 6.26. The third-order valence-corrected chi connectivity index (χ3v) is 3.14. The van der Waals surface area contributed by atoms with Crippen LogP contribution in [0.15, 0.2) is 6.33 Å². The summed E-state index contributed by atoms with van der Waals surface area (Å²) in [5.41, 5.74) is -0.171. The van der Waals surface area contributed by atoms with Gasteiger partial charge in [-0.3, -0.25) is 4.90 Å². The van der Waals surface area contributed by atoms with Gasteiger partial charge in [0.25, 0.3) is 0 Å². The van der Waals surface area contributed by atoms with Crippen molar-refractivity contribution in [2.75, 3.05) is 13.2 Å². The zero-order valence-electron chi connectivity index (χ0n) is 12.3. The van der Waals surface area contributed by atoms with Crippen LogP contribution >= 0.6 is 0 Å². The van der Waals surface area contributed by atoms with Gasteiger partial charge in [-0.15, -0.1) is 10.2 Å². The van der Waals surface area contributed by atoms with Gasteiger partial charge in [0.1, 0.15) is 6.04 Å². The zero-order valence-corrected chi connectivity index (χ0v) is 12.3. The van der Waals surface area contributed by atoms with E-state index in [1.807, 2.05) is 20.8 Å². The minimum Gasteiger partial charge on any atom is -0.465 e. The number of hydrogen-bond acceptors (Lipinski definition) is 6. The number of carboxylic acid groups (broad SMARTS) is 1. The molecule has 0 unspecified atom stereocenters. The largest absolute Gasteiger partial charge is 0.465 e. The molecule has 1 aromatic heterocycles. The molecule has 0 aromatic carbocycles. The van der Waals surface area contributed by atoms with Crippen LogP contribution in [0.1, 0.15) is 33.2 Å². The molecule has 0 aliphatic carbocycles. The van der Waals surface area contributed by atoms with Crippen LogP contribution in [-0.2, 0) is 9.53 Å². The highest BCUT2D eigenvalue weighted by Gasteiger charge is 2.42. The van der Waals surface area contributed by atoms with Gasteiger partial charge in [-0.25, -0.2) is 9.59 Å². The van der Waals surface area contributed by atoms with Crippen molar-refractivity contribution in [1.29, 1.82) is 0 Å². The predicted molar refractivity (Wildman–Crippen MR) is 70.4 cm³/mol. The van der Waals surface area contributed by atoms with Crippen LogP contribution in [0.4, 0.5) is 4.79 Å². The van der Waals surface area contributed by atoms with E-state index in [1.165, 1.54) is 11.1 Å². The van der Waals surface area contributed by atoms with Crippen LogP contribution < -0.4 is 0 Å². The lowest BCUT2D eigenvalue weighted by Gasteiger charge is -2.23. The minimum atomic E-state index is -1.16. The molecule has 1 aliphatic heterocycles. The van der Waals surface area contributed by atoms with E-state index >= 15 is 0 Å². The summed E-state index contributed by atoms with van der Waals surface area (Å²) in [5.74, 6) is -0.532. The number of rotatable bonds is 3. The van der Waals surface area contributed by atoms with Gasteiger partial charge >= 0.3 is 12.1 Å². The summed E-state index contributed by atoms with van der Waals surface area (Å²) in [6.07, 6.45) is 0.400. The van der Waals surface area contributed by atoms with E-state index in [0.717, 1.165) is 4.90 Å². The van der Waals surface area contributed by atoms with Gasteiger partial charge in [0.05, 0.1) is 12.6 Å². The molecule has 1 aliphatic rings. The molecule has 1 saturated heterocycles. The average molecular weight is 297 g/mol. The Morgan fingerprint density at radius 3 is 2.67 bits per heavy atom. The number of likely N-dealkylation sites (tertiary alicyclic amines) is 1. The van der Waals surface area contributed by atoms with Gasteiger partial charge in [0, 0.05) is 13.0 Å². The fraction of sp³-hybridized carbons (Fsp3) is 0.750. The molecule has 2 rings (SSSR count). The number of hydrogen-bond donors (Lipinski definition) is 1. The molecule has 21 heavy (non-hydrogen) atoms. The Balaban J connectivity index is 2.06. The van der Waals surface area contributed by atoms with Gasteiger partial charge in [-0.1, -0.05) is 20.8 Å². The molecule has 0 bridgehead atoms. The zero-order chi connectivity index (χ0) is 15.6. The van der Waals surface area contributed by atoms with Crippen LogP contribution in [0.2, 0.25) is 0 Å². The average Bonchev–Trinajstić information content (AvgIpc) is 3.02. The molecular weight excluding hydrogens is 278 g/mol. The van der Waals surface area contributed by atoms with Crippen molar-refractivity contribution >= 4 is 12.1 Å². The van der Waals surface area contributed by atoms with Crippen LogP contribution in [0.5, 0.6) is 0 Å². The first kappa shape index (κ1) is 15.2. The molecule has 0 radical (unpaired) electrons. The second-order valence-corrected chi connectivity index (χ2v) is 6.26. The highest BCUT2D eigenvalue weighted by atomic mass is 16.5. The number of carbonyl (C=O) groups is 2. The lowest BCUT2D eigenvalue weighted by molar-refractivity contribution is -0.151. The Bertz CT molecular complexity index is 510. The van der Waals surface area contributed by atoms with Crippen molar-refractivity contribution in [1.82, 2.24) is 25.1 Å². The highest BCUT2D eigenvalue weighted by molar-refractivity contribution is 5.81. The Labute approximate surface area is 121 Å². The van der Waals surface area contributed by atoms with Gasteiger partial charge in [0.15, 0.2) is 6.33 Å². The molecule has 1 N–H and O–H groups in total. The van der Waals surface area contributed by atoms with E-state index in [-0.39, 0.29) is 31.0 Å². The van der Waals surface area contributed by atoms with E-state index in [0.29, 0.717) is 0 Å². The quantitative estimate of drug-likeness (QED) is 0.811. The summed E-state index contributed by atoms with van der Waals surface area (Å²) in [7, 11) is 0. The topological polar surface area (TPSA) is 110 Å². The van der Waals surface area contributed by atoms with E-state index in [4.69, 9.17) is 4.74 Å². The Morgan fingerprint density at radius 2 is 2.14 bits per heavy atom. The Kier molecular flexibility index (Phi) is 4.10. The van der Waals surface area contributed by atoms with Crippen LogP contribution in [-0.4, -0.2) is 61.5 Å². The first-order valence-corrected chi connectivity index (χ1v) is 6.66. The SMILES string of the molecule is CC(C)(C)COC(=O)[C@@H]1C[C@H](n2ncnn2)CN1C(=O)O. The van der Waals surface area contributed by atoms with Crippen molar-refractivity contribution in [3.05, 3.63) is 6.33 Å². The Hall–Kier alpha value is -2.19. The molecule has 9 nitrogen and oxygen atoms in total. The highest BCUT2D eigenvalue weighted by Crippen LogP contribution is 2.27. The first-order valence-electron chi connectivity index (χ1n) is 6.66. The van der Waals surface area contributed by atoms with Crippen molar-refractivity contribution in [2.24, 2.45) is 5.41 Å². The fourth-order valence-corrected chi connectivity index (χ4v) is 2.14. The number of amides is 1. The van der Waals surface area contributed by atoms with Crippen molar-refractivity contribution in [3.63, 3.8) is 0 Å². The lowest BCUT2D eigenvalue weighted by atomic mass is 9.99. The van der Waals surface area contributed by atoms with Gasteiger partial charge in [-0.2, -0.15) is 4.80 Å². The standard InChI is InChI=1S/C12H19N5O4/c1-12(2,3)6-21-10(18)9-4-8(5-16(9)11(19)20)17-14-7-13-15-17/h7-9H,4-6H2,1-3H3,(H,19,20)/t8-,9-/m0/s1. The van der Waals surface area contributed by atoms with Crippen LogP contribution in [0, 0.1) is 5.41 Å². The molecule has 2 atom stereocenters. The monoisotopic (exact) mass is 297 g/mol. The van der Waals surface area contributed by atoms with Gasteiger partial charge in [0.2, 0.25) is 0 Å². The lowest BCUT2D eigenvalue weighted by Crippen LogP contribution is -2.41. The predicted octanol–water partition coefficient (Wildman–Crippen LogP) is 0.556. The second kappa shape index (κ2) is 5.66. The summed E-state index contributed by atoms with van der Waals surface area (Å²) >= 11 is 0. The molecule has 0 saturated carbocycles. The number of tetrazole rings is 1. The van der Waals surface area contributed by atoms with E-state index in [9.17, 15) is 14.7 Å². The number of carbonyl (C=O) groups excluding carboxylic acids is 1. The van der Waals surface area contributed by atoms with Crippen LogP contribution in [0.3, 0.4) is 0 Å². The third-order valence-electron chi connectivity index (χ3n) is 3.14. The molecule has 2 heterocycles. The Morgan fingerprint density at radius 1 is 1.43 bits per heavy atom. The third kappa shape index (κ3) is 3.67. The molecule has 9 heteroatoms. The molecule has 116 valence electrons. The van der Waals surface area contributed by atoms with E-state index in [2.05, 4.69) is 15.4 Å². The fourth-order valence-electron chi connectivity index (χ4n) is 2.14. The van der Waals surface area contributed by atoms with Gasteiger partial charge < -0.3 is 9.84 Å². The molecule has 1 fully saturated rings. The number of aromatic nitrogens is 4. The van der Waals surface area contributed by atoms with Crippen LogP contribution in [0.25, 0.3) is 0 Å². The van der Waals surface area contributed by atoms with Crippen molar-refractivity contribution < 1.29 is 19.4 Å². The number of ether oxygens (including phenoxy) is 1. The molecule has 1 aromatic rings. The summed E-state index contributed by atoms with van der Waals surface area (Å²) < 4.78 is 5.23. The number of esters is 1. The molecule has 0 spiro atoms. The summed E-state index contributed by atoms with van der Waals surface area (Å²) in [4.78, 5) is 25.8. The van der Waals surface area contributed by atoms with Gasteiger partial charge in [-0.05, 0) is 10.6 Å². The molecule has 1 amide bonds. The first-order chi connectivity index (χ1) is 9.78. The van der Waals surface area contributed by atoms with E-state index < -0.39 is 18.1 Å². The minimum absolute atomic E-state index is 0.140. The number of nitrogens with zero attached hydrogens (tertiary/aromatic N) is 5. The van der Waals surface area contributed by atoms with Crippen molar-refractivity contribution in [3.8, 4) is 0 Å². The summed E-state index contributed by atoms with van der Waals surface area (Å²) in [5, 5.41) is 20.5. The normalized spacial score (nSPS) is 22.3. The summed E-state index contributed by atoms with van der Waals surface area (Å²) in [6.45, 7) is 6.19. The maximum absolute atomic E-state index is 12.1. The smallest absolute Gasteiger partial charge is 0.408 e. The maximum atomic E-state index is 12.1. The maximum Gasteiger partial charge on any atom is 0.408 e. The van der Waals surface area contributed by atoms with E-state index in [1.54, 1.807) is 0 Å². The summed E-state index contributed by atoms with van der Waals surface area (Å²) in [6, 6.07) is -1.14. The molecular formula is C12H19N5O4.